The van der Waals surface area contributed by atoms with Crippen molar-refractivity contribution in [2.24, 2.45) is 5.92 Å². The van der Waals surface area contributed by atoms with Gasteiger partial charge in [0.1, 0.15) is 5.01 Å². The molecule has 0 atom stereocenters. The summed E-state index contributed by atoms with van der Waals surface area (Å²) in [6, 6.07) is 0. The molecule has 1 saturated carbocycles. The second-order valence-electron chi connectivity index (χ2n) is 5.24. The molecule has 1 fully saturated rings. The van der Waals surface area contributed by atoms with Gasteiger partial charge >= 0.3 is 17.1 Å². The highest BCUT2D eigenvalue weighted by molar-refractivity contribution is 7.17. The van der Waals surface area contributed by atoms with Crippen LogP contribution in [-0.2, 0) is 0 Å². The Morgan fingerprint density at radius 2 is 2.09 bits per heavy atom. The second-order valence-corrected chi connectivity index (χ2v) is 6.23. The third kappa shape index (κ3) is 2.71. The predicted octanol–water partition coefficient (Wildman–Crippen LogP) is 2.36. The molecule has 3 rings (SSSR count). The molecule has 116 valence electrons. The molecule has 0 aliphatic heterocycles. The summed E-state index contributed by atoms with van der Waals surface area (Å²) in [6.07, 6.45) is 9.88. The van der Waals surface area contributed by atoms with Gasteiger partial charge in [0, 0.05) is 0 Å². The van der Waals surface area contributed by atoms with Crippen molar-refractivity contribution in [1.29, 1.82) is 0 Å². The third-order valence-electron chi connectivity index (χ3n) is 3.73. The van der Waals surface area contributed by atoms with Gasteiger partial charge in [0.25, 0.3) is 0 Å². The second kappa shape index (κ2) is 5.84. The van der Waals surface area contributed by atoms with Crippen LogP contribution in [0.25, 0.3) is 11.0 Å². The average molecular weight is 322 g/mol. The van der Waals surface area contributed by atoms with Gasteiger partial charge in [0.2, 0.25) is 4.96 Å². The van der Waals surface area contributed by atoms with Crippen LogP contribution in [0.3, 0.4) is 0 Å². The molecule has 8 nitrogen and oxygen atoms in total. The molecule has 0 saturated heterocycles. The molecule has 0 radical (unpaired) electrons. The normalized spacial score (nSPS) is 16.5. The number of allylic oxidation sites excluding steroid dienone is 1. The van der Waals surface area contributed by atoms with Crippen molar-refractivity contribution in [2.75, 3.05) is 0 Å². The molecular weight excluding hydrogens is 308 g/mol. The molecule has 0 spiro atoms. The molecule has 1 aliphatic carbocycles. The standard InChI is InChI=1S/C13H14N4O4S/c18-11-10(17(20)21)12(19)16-13(14-11)22-9(15-16)7-6-8-4-2-1-3-5-8/h6-8,18H,1-5H2/b7-6+. The highest BCUT2D eigenvalue weighted by Crippen LogP contribution is 2.26. The molecule has 0 unspecified atom stereocenters. The van der Waals surface area contributed by atoms with Crippen molar-refractivity contribution in [3.63, 3.8) is 0 Å². The van der Waals surface area contributed by atoms with Crippen molar-refractivity contribution in [1.82, 2.24) is 14.6 Å². The molecule has 1 aliphatic rings. The Kier molecular flexibility index (Phi) is 3.88. The van der Waals surface area contributed by atoms with E-state index in [1.165, 1.54) is 19.3 Å². The van der Waals surface area contributed by atoms with Crippen LogP contribution in [0, 0.1) is 16.0 Å². The summed E-state index contributed by atoms with van der Waals surface area (Å²) in [5.74, 6) is -0.366. The van der Waals surface area contributed by atoms with Crippen molar-refractivity contribution < 1.29 is 10.0 Å². The number of hydrogen-bond donors (Lipinski definition) is 1. The first-order valence-corrected chi connectivity index (χ1v) is 7.83. The molecular formula is C13H14N4O4S. The smallest absolute Gasteiger partial charge is 0.397 e. The van der Waals surface area contributed by atoms with Crippen LogP contribution >= 0.6 is 11.3 Å². The Labute approximate surface area is 128 Å². The lowest BCUT2D eigenvalue weighted by atomic mass is 9.89. The van der Waals surface area contributed by atoms with E-state index in [1.807, 2.05) is 6.08 Å². The number of nitro groups is 1. The zero-order valence-corrected chi connectivity index (χ0v) is 12.5. The molecule has 1 N–H and O–H groups in total. The fraction of sp³-hybridized carbons (Fsp3) is 0.462. The van der Waals surface area contributed by atoms with Gasteiger partial charge in [-0.15, -0.1) is 0 Å². The van der Waals surface area contributed by atoms with Gasteiger partial charge < -0.3 is 5.11 Å². The molecule has 2 aromatic heterocycles. The van der Waals surface area contributed by atoms with E-state index in [0.29, 0.717) is 10.9 Å². The first kappa shape index (κ1) is 14.6. The summed E-state index contributed by atoms with van der Waals surface area (Å²) in [6.45, 7) is 0. The fourth-order valence-electron chi connectivity index (χ4n) is 2.61. The van der Waals surface area contributed by atoms with Crippen LogP contribution in [-0.4, -0.2) is 24.6 Å². The minimum absolute atomic E-state index is 0.136. The maximum Gasteiger partial charge on any atom is 0.397 e. The summed E-state index contributed by atoms with van der Waals surface area (Å²) in [5.41, 5.74) is -1.92. The van der Waals surface area contributed by atoms with E-state index in [-0.39, 0.29) is 4.96 Å². The highest BCUT2D eigenvalue weighted by atomic mass is 32.1. The first-order chi connectivity index (χ1) is 10.6. The Hall–Kier alpha value is -2.29. The lowest BCUT2D eigenvalue weighted by Gasteiger charge is -2.17. The number of rotatable bonds is 3. The zero-order chi connectivity index (χ0) is 15.7. The average Bonchev–Trinajstić information content (AvgIpc) is 2.89. The lowest BCUT2D eigenvalue weighted by Crippen LogP contribution is -2.18. The Bertz CT molecular complexity index is 804. The summed E-state index contributed by atoms with van der Waals surface area (Å²) >= 11 is 1.11. The molecule has 22 heavy (non-hydrogen) atoms. The Balaban J connectivity index is 1.96. The van der Waals surface area contributed by atoms with Crippen LogP contribution in [0.4, 0.5) is 5.69 Å². The predicted molar refractivity (Wildman–Crippen MR) is 81.1 cm³/mol. The maximum atomic E-state index is 12.0. The van der Waals surface area contributed by atoms with E-state index in [1.54, 1.807) is 0 Å². The summed E-state index contributed by atoms with van der Waals surface area (Å²) in [4.78, 5) is 25.6. The minimum atomic E-state index is -0.971. The van der Waals surface area contributed by atoms with E-state index in [0.717, 1.165) is 28.7 Å². The SMILES string of the molecule is O=c1c([N+](=O)[O-])c(O)nc2sc(/C=C/C3CCCCC3)nn12. The van der Waals surface area contributed by atoms with E-state index in [4.69, 9.17) is 0 Å². The van der Waals surface area contributed by atoms with E-state index >= 15 is 0 Å². The molecule has 9 heteroatoms. The Morgan fingerprint density at radius 3 is 2.77 bits per heavy atom. The van der Waals surface area contributed by atoms with E-state index < -0.39 is 22.0 Å². The number of hydrogen-bond acceptors (Lipinski definition) is 7. The first-order valence-electron chi connectivity index (χ1n) is 7.01. The van der Waals surface area contributed by atoms with Gasteiger partial charge in [-0.25, -0.2) is 0 Å². The minimum Gasteiger partial charge on any atom is -0.488 e. The molecule has 2 aromatic rings. The Morgan fingerprint density at radius 1 is 1.36 bits per heavy atom. The largest absolute Gasteiger partial charge is 0.488 e. The van der Waals surface area contributed by atoms with E-state index in [9.17, 15) is 20.0 Å². The van der Waals surface area contributed by atoms with Gasteiger partial charge in [-0.2, -0.15) is 14.6 Å². The van der Waals surface area contributed by atoms with Gasteiger partial charge in [-0.3, -0.25) is 14.9 Å². The molecule has 0 amide bonds. The quantitative estimate of drug-likeness (QED) is 0.686. The van der Waals surface area contributed by atoms with Gasteiger partial charge in [-0.1, -0.05) is 36.7 Å². The van der Waals surface area contributed by atoms with Crippen molar-refractivity contribution in [2.45, 2.75) is 32.1 Å². The molecule has 0 bridgehead atoms. The van der Waals surface area contributed by atoms with Crippen LogP contribution in [0.2, 0.25) is 0 Å². The van der Waals surface area contributed by atoms with Crippen molar-refractivity contribution in [3.05, 3.63) is 31.6 Å². The zero-order valence-electron chi connectivity index (χ0n) is 11.6. The molecule has 0 aromatic carbocycles. The summed E-state index contributed by atoms with van der Waals surface area (Å²) < 4.78 is 0.864. The van der Waals surface area contributed by atoms with Crippen molar-refractivity contribution in [3.8, 4) is 5.88 Å². The maximum absolute atomic E-state index is 12.0. The topological polar surface area (TPSA) is 111 Å². The van der Waals surface area contributed by atoms with Gasteiger partial charge in [-0.05, 0) is 24.8 Å². The van der Waals surface area contributed by atoms with Gasteiger partial charge in [0.15, 0.2) is 0 Å². The number of fused-ring (bicyclic) bond motifs is 1. The lowest BCUT2D eigenvalue weighted by molar-refractivity contribution is -0.387. The van der Waals surface area contributed by atoms with Crippen LogP contribution < -0.4 is 5.56 Å². The number of aromatic nitrogens is 3. The third-order valence-corrected chi connectivity index (χ3v) is 4.60. The number of aromatic hydroxyl groups is 1. The highest BCUT2D eigenvalue weighted by Gasteiger charge is 2.25. The monoisotopic (exact) mass is 322 g/mol. The summed E-state index contributed by atoms with van der Waals surface area (Å²) in [5, 5.41) is 24.9. The van der Waals surface area contributed by atoms with Crippen LogP contribution in [0.5, 0.6) is 5.88 Å². The van der Waals surface area contributed by atoms with Crippen LogP contribution in [0.1, 0.15) is 37.1 Å². The summed E-state index contributed by atoms with van der Waals surface area (Å²) in [7, 11) is 0. The fourth-order valence-corrected chi connectivity index (χ4v) is 3.41. The molecule has 2 heterocycles. The van der Waals surface area contributed by atoms with Crippen LogP contribution in [0.15, 0.2) is 10.9 Å². The number of nitrogens with zero attached hydrogens (tertiary/aromatic N) is 4. The van der Waals surface area contributed by atoms with E-state index in [2.05, 4.69) is 16.2 Å². The van der Waals surface area contributed by atoms with Crippen molar-refractivity contribution >= 4 is 28.1 Å². The van der Waals surface area contributed by atoms with Gasteiger partial charge in [0.05, 0.1) is 4.92 Å².